The Labute approximate surface area is 104 Å². The second-order valence-electron chi connectivity index (χ2n) is 3.77. The molecule has 16 heavy (non-hydrogen) atoms. The maximum Gasteiger partial charge on any atom is 0.140 e. The van der Waals surface area contributed by atoms with Gasteiger partial charge in [-0.05, 0) is 34.3 Å². The van der Waals surface area contributed by atoms with E-state index in [4.69, 9.17) is 10.8 Å². The van der Waals surface area contributed by atoms with Gasteiger partial charge in [0.1, 0.15) is 5.82 Å². The van der Waals surface area contributed by atoms with Crippen LogP contribution in [0.15, 0.2) is 16.7 Å². The number of nitrogens with zero attached hydrogens (tertiary/aromatic N) is 1. The summed E-state index contributed by atoms with van der Waals surface area (Å²) in [7, 11) is 0. The number of pyridine rings is 1. The van der Waals surface area contributed by atoms with Gasteiger partial charge < -0.3 is 16.2 Å². The van der Waals surface area contributed by atoms with Gasteiger partial charge in [-0.3, -0.25) is 0 Å². The van der Waals surface area contributed by atoms with E-state index in [0.29, 0.717) is 11.6 Å². The van der Waals surface area contributed by atoms with E-state index >= 15 is 0 Å². The molecular formula is C11H18BrN3O. The van der Waals surface area contributed by atoms with Crippen molar-refractivity contribution in [2.75, 3.05) is 24.2 Å². The van der Waals surface area contributed by atoms with Crippen LogP contribution in [0.3, 0.4) is 0 Å². The molecule has 0 radical (unpaired) electrons. The van der Waals surface area contributed by atoms with E-state index in [9.17, 15) is 0 Å². The SMILES string of the molecule is CCC(CCO)CNc1ncc(N)cc1Br. The Hall–Kier alpha value is -0.810. The lowest BCUT2D eigenvalue weighted by Crippen LogP contribution is -2.16. The van der Waals surface area contributed by atoms with Crippen molar-refractivity contribution in [1.29, 1.82) is 0 Å². The van der Waals surface area contributed by atoms with Gasteiger partial charge in [-0.25, -0.2) is 4.98 Å². The molecule has 0 amide bonds. The second-order valence-corrected chi connectivity index (χ2v) is 4.62. The molecule has 0 aliphatic heterocycles. The smallest absolute Gasteiger partial charge is 0.140 e. The summed E-state index contributed by atoms with van der Waals surface area (Å²) in [6.45, 7) is 3.16. The van der Waals surface area contributed by atoms with E-state index in [-0.39, 0.29) is 6.61 Å². The van der Waals surface area contributed by atoms with Crippen LogP contribution in [0.2, 0.25) is 0 Å². The van der Waals surface area contributed by atoms with Crippen LogP contribution in [-0.4, -0.2) is 23.2 Å². The molecule has 0 fully saturated rings. The molecule has 1 aromatic rings. The first kappa shape index (κ1) is 13.3. The van der Waals surface area contributed by atoms with Gasteiger partial charge in [-0.15, -0.1) is 0 Å². The van der Waals surface area contributed by atoms with Crippen LogP contribution in [0.4, 0.5) is 11.5 Å². The quantitative estimate of drug-likeness (QED) is 0.750. The maximum atomic E-state index is 8.89. The summed E-state index contributed by atoms with van der Waals surface area (Å²) in [6, 6.07) is 1.82. The van der Waals surface area contributed by atoms with E-state index in [1.807, 2.05) is 6.07 Å². The standard InChI is InChI=1S/C11H18BrN3O/c1-2-8(3-4-16)6-14-11-10(12)5-9(13)7-15-11/h5,7-8,16H,2-4,6,13H2,1H3,(H,14,15). The number of nitrogen functional groups attached to an aromatic ring is 1. The molecule has 0 saturated carbocycles. The van der Waals surface area contributed by atoms with E-state index in [2.05, 4.69) is 33.2 Å². The average molecular weight is 288 g/mol. The van der Waals surface area contributed by atoms with E-state index < -0.39 is 0 Å². The highest BCUT2D eigenvalue weighted by Crippen LogP contribution is 2.22. The predicted octanol–water partition coefficient (Wildman–Crippen LogP) is 2.25. The van der Waals surface area contributed by atoms with Crippen LogP contribution in [0.1, 0.15) is 19.8 Å². The van der Waals surface area contributed by atoms with Crippen molar-refractivity contribution < 1.29 is 5.11 Å². The van der Waals surface area contributed by atoms with E-state index in [1.165, 1.54) is 0 Å². The largest absolute Gasteiger partial charge is 0.397 e. The van der Waals surface area contributed by atoms with Gasteiger partial charge in [0.15, 0.2) is 0 Å². The Balaban J connectivity index is 2.53. The third-order valence-corrected chi connectivity index (χ3v) is 3.14. The number of nitrogens with one attached hydrogen (secondary N) is 1. The molecule has 0 bridgehead atoms. The highest BCUT2D eigenvalue weighted by molar-refractivity contribution is 9.10. The average Bonchev–Trinajstić information content (AvgIpc) is 2.26. The first-order chi connectivity index (χ1) is 7.67. The number of anilines is 2. The molecule has 0 spiro atoms. The summed E-state index contributed by atoms with van der Waals surface area (Å²) in [6.07, 6.45) is 3.48. The summed E-state index contributed by atoms with van der Waals surface area (Å²) < 4.78 is 0.867. The molecule has 4 N–H and O–H groups in total. The van der Waals surface area contributed by atoms with Crippen LogP contribution in [-0.2, 0) is 0 Å². The third kappa shape index (κ3) is 3.98. The molecule has 0 aromatic carbocycles. The van der Waals surface area contributed by atoms with Crippen LogP contribution < -0.4 is 11.1 Å². The Bertz CT molecular complexity index is 333. The first-order valence-electron chi connectivity index (χ1n) is 5.43. The monoisotopic (exact) mass is 287 g/mol. The number of halogens is 1. The van der Waals surface area contributed by atoms with Crippen LogP contribution in [0.5, 0.6) is 0 Å². The highest BCUT2D eigenvalue weighted by atomic mass is 79.9. The van der Waals surface area contributed by atoms with E-state index in [1.54, 1.807) is 6.20 Å². The minimum absolute atomic E-state index is 0.233. The Morgan fingerprint density at radius 1 is 1.62 bits per heavy atom. The Morgan fingerprint density at radius 3 is 2.94 bits per heavy atom. The number of aliphatic hydroxyl groups excluding tert-OH is 1. The second kappa shape index (κ2) is 6.70. The number of nitrogens with two attached hydrogens (primary N) is 1. The summed E-state index contributed by atoms with van der Waals surface area (Å²) in [4.78, 5) is 4.20. The molecular weight excluding hydrogens is 270 g/mol. The predicted molar refractivity (Wildman–Crippen MR) is 70.3 cm³/mol. The van der Waals surface area contributed by atoms with Gasteiger partial charge in [-0.1, -0.05) is 13.3 Å². The van der Waals surface area contributed by atoms with Crippen molar-refractivity contribution in [3.05, 3.63) is 16.7 Å². The summed E-state index contributed by atoms with van der Waals surface area (Å²) in [5.74, 6) is 1.27. The number of aliphatic hydroxyl groups is 1. The summed E-state index contributed by atoms with van der Waals surface area (Å²) in [5, 5.41) is 12.1. The lowest BCUT2D eigenvalue weighted by atomic mass is 10.0. The molecule has 5 heteroatoms. The van der Waals surface area contributed by atoms with Crippen molar-refractivity contribution in [1.82, 2.24) is 4.98 Å². The molecule has 1 aromatic heterocycles. The number of rotatable bonds is 6. The van der Waals surface area contributed by atoms with Crippen LogP contribution in [0.25, 0.3) is 0 Å². The number of hydrogen-bond donors (Lipinski definition) is 3. The van der Waals surface area contributed by atoms with Crippen molar-refractivity contribution >= 4 is 27.4 Å². The van der Waals surface area contributed by atoms with Crippen molar-refractivity contribution in [2.45, 2.75) is 19.8 Å². The van der Waals surface area contributed by atoms with Crippen molar-refractivity contribution in [3.8, 4) is 0 Å². The van der Waals surface area contributed by atoms with Crippen LogP contribution >= 0.6 is 15.9 Å². The zero-order valence-corrected chi connectivity index (χ0v) is 11.0. The summed E-state index contributed by atoms with van der Waals surface area (Å²) >= 11 is 3.40. The lowest BCUT2D eigenvalue weighted by Gasteiger charge is -2.15. The van der Waals surface area contributed by atoms with Gasteiger partial charge in [-0.2, -0.15) is 0 Å². The molecule has 1 heterocycles. The third-order valence-electron chi connectivity index (χ3n) is 2.54. The van der Waals surface area contributed by atoms with Crippen LogP contribution in [0, 0.1) is 5.92 Å². The molecule has 0 saturated heterocycles. The maximum absolute atomic E-state index is 8.89. The summed E-state index contributed by atoms with van der Waals surface area (Å²) in [5.41, 5.74) is 6.24. The zero-order chi connectivity index (χ0) is 12.0. The van der Waals surface area contributed by atoms with Gasteiger partial charge in [0.2, 0.25) is 0 Å². The number of aromatic nitrogens is 1. The number of hydrogen-bond acceptors (Lipinski definition) is 4. The fraction of sp³-hybridized carbons (Fsp3) is 0.545. The van der Waals surface area contributed by atoms with Gasteiger partial charge >= 0.3 is 0 Å². The van der Waals surface area contributed by atoms with Crippen molar-refractivity contribution in [3.63, 3.8) is 0 Å². The molecule has 90 valence electrons. The van der Waals surface area contributed by atoms with Gasteiger partial charge in [0, 0.05) is 13.2 Å². The molecule has 1 atom stereocenters. The first-order valence-corrected chi connectivity index (χ1v) is 6.22. The molecule has 4 nitrogen and oxygen atoms in total. The molecule has 0 aliphatic carbocycles. The Morgan fingerprint density at radius 2 is 2.38 bits per heavy atom. The minimum atomic E-state index is 0.233. The topological polar surface area (TPSA) is 71.2 Å². The van der Waals surface area contributed by atoms with Crippen molar-refractivity contribution in [2.24, 2.45) is 5.92 Å². The minimum Gasteiger partial charge on any atom is -0.397 e. The Kier molecular flexibility index (Phi) is 5.55. The zero-order valence-electron chi connectivity index (χ0n) is 9.41. The molecule has 0 aliphatic rings. The normalized spacial score (nSPS) is 12.4. The van der Waals surface area contributed by atoms with Gasteiger partial charge in [0.25, 0.3) is 0 Å². The fourth-order valence-electron chi connectivity index (χ4n) is 1.46. The van der Waals surface area contributed by atoms with Gasteiger partial charge in [0.05, 0.1) is 16.4 Å². The highest BCUT2D eigenvalue weighted by Gasteiger charge is 2.07. The molecule has 1 rings (SSSR count). The lowest BCUT2D eigenvalue weighted by molar-refractivity contribution is 0.258. The molecule has 1 unspecified atom stereocenters. The fourth-order valence-corrected chi connectivity index (χ4v) is 1.96. The van der Waals surface area contributed by atoms with E-state index in [0.717, 1.165) is 29.7 Å².